The van der Waals surface area contributed by atoms with E-state index in [-0.39, 0.29) is 17.7 Å². The van der Waals surface area contributed by atoms with Gasteiger partial charge in [-0.3, -0.25) is 0 Å². The van der Waals surface area contributed by atoms with E-state index in [2.05, 4.69) is 12.2 Å². The van der Waals surface area contributed by atoms with Gasteiger partial charge in [0, 0.05) is 11.6 Å². The first-order chi connectivity index (χ1) is 8.54. The second-order valence-corrected chi connectivity index (χ2v) is 4.76. The van der Waals surface area contributed by atoms with Crippen molar-refractivity contribution < 1.29 is 8.78 Å². The monoisotopic (exact) mass is 256 g/mol. The van der Waals surface area contributed by atoms with Crippen LogP contribution in [0.5, 0.6) is 0 Å². The Morgan fingerprint density at radius 3 is 2.61 bits per heavy atom. The number of hydrogen-bond acceptors (Lipinski definition) is 2. The topological polar surface area (TPSA) is 15.3 Å². The number of nitrogens with zero attached hydrogens (tertiary/aromatic N) is 1. The molecule has 1 rings (SSSR count). The minimum absolute atomic E-state index is 0.136. The van der Waals surface area contributed by atoms with Crippen LogP contribution in [0.4, 0.5) is 8.78 Å². The van der Waals surface area contributed by atoms with Crippen molar-refractivity contribution in [2.24, 2.45) is 0 Å². The zero-order chi connectivity index (χ0) is 13.5. The second kappa shape index (κ2) is 7.44. The Bertz CT molecular complexity index is 367. The average molecular weight is 256 g/mol. The lowest BCUT2D eigenvalue weighted by molar-refractivity contribution is 0.356. The van der Waals surface area contributed by atoms with Gasteiger partial charge in [0.05, 0.1) is 0 Å². The summed E-state index contributed by atoms with van der Waals surface area (Å²) in [7, 11) is 3.94. The van der Waals surface area contributed by atoms with E-state index < -0.39 is 0 Å². The number of hydrogen-bond donors (Lipinski definition) is 1. The molecule has 0 aliphatic carbocycles. The fourth-order valence-corrected chi connectivity index (χ4v) is 1.86. The molecule has 0 spiro atoms. The quantitative estimate of drug-likeness (QED) is 0.807. The van der Waals surface area contributed by atoms with Gasteiger partial charge in [0.1, 0.15) is 11.6 Å². The lowest BCUT2D eigenvalue weighted by Crippen LogP contribution is -2.27. The maximum Gasteiger partial charge on any atom is 0.128 e. The summed E-state index contributed by atoms with van der Waals surface area (Å²) in [6.07, 6.45) is 1.72. The van der Waals surface area contributed by atoms with Gasteiger partial charge in [0.2, 0.25) is 0 Å². The third kappa shape index (κ3) is 4.70. The molecule has 0 bridgehead atoms. The largest absolute Gasteiger partial charge is 0.310 e. The van der Waals surface area contributed by atoms with E-state index in [9.17, 15) is 8.78 Å². The van der Waals surface area contributed by atoms with Crippen LogP contribution in [0, 0.1) is 11.6 Å². The van der Waals surface area contributed by atoms with Gasteiger partial charge in [0.25, 0.3) is 0 Å². The molecule has 2 nitrogen and oxygen atoms in total. The minimum atomic E-state index is -0.389. The van der Waals surface area contributed by atoms with E-state index >= 15 is 0 Å². The van der Waals surface area contributed by atoms with Crippen molar-refractivity contribution in [2.75, 3.05) is 27.2 Å². The van der Waals surface area contributed by atoms with Crippen LogP contribution in [-0.4, -0.2) is 32.1 Å². The Kier molecular flexibility index (Phi) is 6.22. The third-order valence-corrected chi connectivity index (χ3v) is 2.84. The van der Waals surface area contributed by atoms with E-state index in [4.69, 9.17) is 0 Å². The highest BCUT2D eigenvalue weighted by atomic mass is 19.1. The molecule has 0 aromatic heterocycles. The maximum atomic E-state index is 13.8. The molecule has 1 N–H and O–H groups in total. The predicted octanol–water partition coefficient (Wildman–Crippen LogP) is 2.96. The highest BCUT2D eigenvalue weighted by Crippen LogP contribution is 2.21. The molecule has 1 atom stereocenters. The van der Waals surface area contributed by atoms with Crippen LogP contribution in [0.1, 0.15) is 31.4 Å². The zero-order valence-electron chi connectivity index (χ0n) is 11.3. The van der Waals surface area contributed by atoms with Crippen molar-refractivity contribution in [3.63, 3.8) is 0 Å². The van der Waals surface area contributed by atoms with Crippen LogP contribution in [-0.2, 0) is 0 Å². The molecule has 0 radical (unpaired) electrons. The smallest absolute Gasteiger partial charge is 0.128 e. The van der Waals surface area contributed by atoms with Crippen LogP contribution in [0.3, 0.4) is 0 Å². The zero-order valence-corrected chi connectivity index (χ0v) is 11.3. The molecule has 0 amide bonds. The standard InChI is InChI=1S/C14H22F2N2/c1-4-8-17-14(7-9-18(2)3)12-10-11(15)5-6-13(12)16/h5-6,10,14,17H,4,7-9H2,1-3H3. The summed E-state index contributed by atoms with van der Waals surface area (Å²) in [6, 6.07) is 3.50. The average Bonchev–Trinajstić information content (AvgIpc) is 2.32. The summed E-state index contributed by atoms with van der Waals surface area (Å²) in [4.78, 5) is 2.04. The summed E-state index contributed by atoms with van der Waals surface area (Å²) in [5.74, 6) is -0.733. The Morgan fingerprint density at radius 1 is 1.28 bits per heavy atom. The molecule has 18 heavy (non-hydrogen) atoms. The lowest BCUT2D eigenvalue weighted by atomic mass is 10.0. The van der Waals surface area contributed by atoms with Crippen molar-refractivity contribution in [3.8, 4) is 0 Å². The van der Waals surface area contributed by atoms with Gasteiger partial charge in [-0.15, -0.1) is 0 Å². The Hall–Kier alpha value is -1.00. The SMILES string of the molecule is CCCNC(CCN(C)C)c1cc(F)ccc1F. The fourth-order valence-electron chi connectivity index (χ4n) is 1.86. The van der Waals surface area contributed by atoms with Crippen LogP contribution in [0.2, 0.25) is 0 Å². The molecule has 0 saturated heterocycles. The molecule has 102 valence electrons. The molecule has 0 saturated carbocycles. The minimum Gasteiger partial charge on any atom is -0.310 e. The lowest BCUT2D eigenvalue weighted by Gasteiger charge is -2.21. The van der Waals surface area contributed by atoms with Crippen molar-refractivity contribution in [3.05, 3.63) is 35.4 Å². The van der Waals surface area contributed by atoms with Gasteiger partial charge in [-0.2, -0.15) is 0 Å². The first kappa shape index (κ1) is 15.1. The summed E-state index contributed by atoms with van der Waals surface area (Å²) in [5, 5.41) is 3.28. The third-order valence-electron chi connectivity index (χ3n) is 2.84. The molecule has 0 aliphatic rings. The predicted molar refractivity (Wildman–Crippen MR) is 70.6 cm³/mol. The van der Waals surface area contributed by atoms with E-state index in [1.807, 2.05) is 19.0 Å². The molecule has 0 aliphatic heterocycles. The van der Waals surface area contributed by atoms with Crippen LogP contribution >= 0.6 is 0 Å². The van der Waals surface area contributed by atoms with Crippen LogP contribution in [0.25, 0.3) is 0 Å². The van der Waals surface area contributed by atoms with E-state index in [0.29, 0.717) is 5.56 Å². The second-order valence-electron chi connectivity index (χ2n) is 4.76. The van der Waals surface area contributed by atoms with Crippen LogP contribution < -0.4 is 5.32 Å². The number of rotatable bonds is 7. The molecular weight excluding hydrogens is 234 g/mol. The Labute approximate surface area is 108 Å². The van der Waals surface area contributed by atoms with Gasteiger partial charge in [0.15, 0.2) is 0 Å². The summed E-state index contributed by atoms with van der Waals surface area (Å²) in [5.41, 5.74) is 0.422. The van der Waals surface area contributed by atoms with E-state index in [0.717, 1.165) is 32.0 Å². The molecule has 1 aromatic carbocycles. The van der Waals surface area contributed by atoms with E-state index in [1.54, 1.807) is 0 Å². The van der Waals surface area contributed by atoms with Crippen molar-refractivity contribution in [1.29, 1.82) is 0 Å². The van der Waals surface area contributed by atoms with Crippen molar-refractivity contribution >= 4 is 0 Å². The normalized spacial score (nSPS) is 13.0. The number of halogens is 2. The van der Waals surface area contributed by atoms with Gasteiger partial charge < -0.3 is 10.2 Å². The van der Waals surface area contributed by atoms with Gasteiger partial charge in [-0.05, 0) is 58.2 Å². The molecule has 4 heteroatoms. The Balaban J connectivity index is 2.82. The van der Waals surface area contributed by atoms with Crippen LogP contribution in [0.15, 0.2) is 18.2 Å². The van der Waals surface area contributed by atoms with Gasteiger partial charge >= 0.3 is 0 Å². The van der Waals surface area contributed by atoms with Crippen molar-refractivity contribution in [2.45, 2.75) is 25.8 Å². The van der Waals surface area contributed by atoms with E-state index in [1.165, 1.54) is 12.1 Å². The molecule has 1 aromatic rings. The number of benzene rings is 1. The number of nitrogens with one attached hydrogen (secondary N) is 1. The summed E-state index contributed by atoms with van der Waals surface area (Å²) < 4.78 is 27.0. The molecular formula is C14H22F2N2. The fraction of sp³-hybridized carbons (Fsp3) is 0.571. The Morgan fingerprint density at radius 2 is 2.00 bits per heavy atom. The summed E-state index contributed by atoms with van der Waals surface area (Å²) >= 11 is 0. The first-order valence-corrected chi connectivity index (χ1v) is 6.37. The summed E-state index contributed by atoms with van der Waals surface area (Å²) in [6.45, 7) is 3.68. The first-order valence-electron chi connectivity index (χ1n) is 6.37. The van der Waals surface area contributed by atoms with Gasteiger partial charge in [-0.25, -0.2) is 8.78 Å². The maximum absolute atomic E-state index is 13.8. The molecule has 0 fully saturated rings. The highest BCUT2D eigenvalue weighted by molar-refractivity contribution is 5.22. The highest BCUT2D eigenvalue weighted by Gasteiger charge is 2.16. The van der Waals surface area contributed by atoms with Crippen molar-refractivity contribution in [1.82, 2.24) is 10.2 Å². The molecule has 1 unspecified atom stereocenters. The molecule has 0 heterocycles. The van der Waals surface area contributed by atoms with Gasteiger partial charge in [-0.1, -0.05) is 6.92 Å².